The van der Waals surface area contributed by atoms with E-state index in [9.17, 15) is 4.39 Å². The summed E-state index contributed by atoms with van der Waals surface area (Å²) in [6.45, 7) is 2.19. The minimum absolute atomic E-state index is 0.280. The average Bonchev–Trinajstić information content (AvgIpc) is 2.30. The third-order valence-electron chi connectivity index (χ3n) is 2.15. The van der Waals surface area contributed by atoms with Crippen LogP contribution in [0.5, 0.6) is 5.75 Å². The lowest BCUT2D eigenvalue weighted by Crippen LogP contribution is -2.07. The Morgan fingerprint density at radius 3 is 2.67 bits per heavy atom. The molecule has 102 valence electrons. The van der Waals surface area contributed by atoms with Gasteiger partial charge < -0.3 is 19.9 Å². The van der Waals surface area contributed by atoms with Crippen molar-refractivity contribution in [2.24, 2.45) is 0 Å². The SMILES string of the molecule is COCCOCCCOc1c(N)cc(F)cc1Br. The van der Waals surface area contributed by atoms with Gasteiger partial charge in [0.2, 0.25) is 0 Å². The molecule has 0 aliphatic heterocycles. The fourth-order valence-electron chi connectivity index (χ4n) is 1.31. The molecule has 0 bridgehead atoms. The minimum atomic E-state index is -0.394. The van der Waals surface area contributed by atoms with Crippen LogP contribution in [0.25, 0.3) is 0 Å². The molecule has 0 fully saturated rings. The number of benzene rings is 1. The summed E-state index contributed by atoms with van der Waals surface area (Å²) in [4.78, 5) is 0. The molecule has 4 nitrogen and oxygen atoms in total. The Kier molecular flexibility index (Phi) is 7.00. The van der Waals surface area contributed by atoms with Crippen molar-refractivity contribution in [2.45, 2.75) is 6.42 Å². The van der Waals surface area contributed by atoms with Gasteiger partial charge in [-0.05, 0) is 22.0 Å². The summed E-state index contributed by atoms with van der Waals surface area (Å²) in [6, 6.07) is 2.55. The molecule has 0 radical (unpaired) electrons. The fourth-order valence-corrected chi connectivity index (χ4v) is 1.87. The normalized spacial score (nSPS) is 10.6. The summed E-state index contributed by atoms with van der Waals surface area (Å²) in [5.74, 6) is 0.0721. The summed E-state index contributed by atoms with van der Waals surface area (Å²) in [5.41, 5.74) is 5.94. The van der Waals surface area contributed by atoms with Crippen molar-refractivity contribution >= 4 is 21.6 Å². The molecular weight excluding hydrogens is 305 g/mol. The topological polar surface area (TPSA) is 53.7 Å². The Bertz CT molecular complexity index is 353. The van der Waals surface area contributed by atoms with E-state index >= 15 is 0 Å². The summed E-state index contributed by atoms with van der Waals surface area (Å²) in [7, 11) is 1.63. The highest BCUT2D eigenvalue weighted by molar-refractivity contribution is 9.10. The summed E-state index contributed by atoms with van der Waals surface area (Å²) in [6.07, 6.45) is 0.729. The molecular formula is C12H17BrFNO3. The Labute approximate surface area is 114 Å². The molecule has 0 atom stereocenters. The van der Waals surface area contributed by atoms with Gasteiger partial charge in [-0.1, -0.05) is 0 Å². The van der Waals surface area contributed by atoms with E-state index in [0.29, 0.717) is 36.6 Å². The fraction of sp³-hybridized carbons (Fsp3) is 0.500. The zero-order valence-corrected chi connectivity index (χ0v) is 11.8. The van der Waals surface area contributed by atoms with Crippen molar-refractivity contribution in [3.8, 4) is 5.75 Å². The first-order valence-corrected chi connectivity index (χ1v) is 6.38. The van der Waals surface area contributed by atoms with E-state index < -0.39 is 5.82 Å². The lowest BCUT2D eigenvalue weighted by molar-refractivity contribution is 0.0644. The monoisotopic (exact) mass is 321 g/mol. The molecule has 1 aromatic rings. The molecule has 0 amide bonds. The molecule has 0 saturated heterocycles. The maximum Gasteiger partial charge on any atom is 0.156 e. The van der Waals surface area contributed by atoms with Crippen LogP contribution >= 0.6 is 15.9 Å². The first-order chi connectivity index (χ1) is 8.65. The van der Waals surface area contributed by atoms with Crippen LogP contribution in [0.1, 0.15) is 6.42 Å². The third-order valence-corrected chi connectivity index (χ3v) is 2.74. The first-order valence-electron chi connectivity index (χ1n) is 5.59. The molecule has 0 aromatic heterocycles. The quantitative estimate of drug-likeness (QED) is 0.590. The smallest absolute Gasteiger partial charge is 0.156 e. The maximum absolute atomic E-state index is 13.0. The Morgan fingerprint density at radius 1 is 1.22 bits per heavy atom. The van der Waals surface area contributed by atoms with Gasteiger partial charge in [-0.25, -0.2) is 4.39 Å². The average molecular weight is 322 g/mol. The molecule has 0 unspecified atom stereocenters. The molecule has 0 saturated carbocycles. The minimum Gasteiger partial charge on any atom is -0.490 e. The van der Waals surface area contributed by atoms with Gasteiger partial charge in [-0.15, -0.1) is 0 Å². The zero-order chi connectivity index (χ0) is 13.4. The number of nitrogen functional groups attached to an aromatic ring is 1. The second-order valence-electron chi connectivity index (χ2n) is 3.61. The second kappa shape index (κ2) is 8.29. The van der Waals surface area contributed by atoms with Crippen molar-refractivity contribution in [1.82, 2.24) is 0 Å². The predicted molar refractivity (Wildman–Crippen MR) is 71.3 cm³/mol. The van der Waals surface area contributed by atoms with E-state index in [2.05, 4.69) is 15.9 Å². The van der Waals surface area contributed by atoms with E-state index in [-0.39, 0.29) is 5.69 Å². The summed E-state index contributed by atoms with van der Waals surface area (Å²) < 4.78 is 29.1. The van der Waals surface area contributed by atoms with Crippen LogP contribution in [0.2, 0.25) is 0 Å². The Balaban J connectivity index is 2.27. The lowest BCUT2D eigenvalue weighted by atomic mass is 10.3. The van der Waals surface area contributed by atoms with Crippen LogP contribution in [0, 0.1) is 5.82 Å². The van der Waals surface area contributed by atoms with Crippen molar-refractivity contribution < 1.29 is 18.6 Å². The van der Waals surface area contributed by atoms with Crippen molar-refractivity contribution in [2.75, 3.05) is 39.3 Å². The third kappa shape index (κ3) is 5.20. The number of hydrogen-bond donors (Lipinski definition) is 1. The molecule has 18 heavy (non-hydrogen) atoms. The van der Waals surface area contributed by atoms with E-state index in [1.165, 1.54) is 12.1 Å². The molecule has 0 heterocycles. The van der Waals surface area contributed by atoms with Gasteiger partial charge in [0.1, 0.15) is 5.82 Å². The molecule has 0 spiro atoms. The van der Waals surface area contributed by atoms with Gasteiger partial charge in [-0.3, -0.25) is 0 Å². The highest BCUT2D eigenvalue weighted by Crippen LogP contribution is 2.32. The van der Waals surface area contributed by atoms with Crippen molar-refractivity contribution in [3.05, 3.63) is 22.4 Å². The van der Waals surface area contributed by atoms with E-state index in [1.807, 2.05) is 0 Å². The number of nitrogens with two attached hydrogens (primary N) is 1. The van der Waals surface area contributed by atoms with Crippen molar-refractivity contribution in [1.29, 1.82) is 0 Å². The number of hydrogen-bond acceptors (Lipinski definition) is 4. The molecule has 1 aromatic carbocycles. The maximum atomic E-state index is 13.0. The standard InChI is InChI=1S/C12H17BrFNO3/c1-16-5-6-17-3-2-4-18-12-10(13)7-9(14)8-11(12)15/h7-8H,2-6,15H2,1H3. The number of ether oxygens (including phenoxy) is 3. The van der Waals surface area contributed by atoms with Crippen LogP contribution in [0.3, 0.4) is 0 Å². The van der Waals surface area contributed by atoms with Crippen LogP contribution in [0.4, 0.5) is 10.1 Å². The summed E-state index contributed by atoms with van der Waals surface area (Å²) in [5, 5.41) is 0. The van der Waals surface area contributed by atoms with E-state index in [0.717, 1.165) is 6.42 Å². The van der Waals surface area contributed by atoms with Crippen LogP contribution in [-0.4, -0.2) is 33.5 Å². The number of rotatable bonds is 8. The van der Waals surface area contributed by atoms with E-state index in [4.69, 9.17) is 19.9 Å². The first kappa shape index (κ1) is 15.2. The van der Waals surface area contributed by atoms with Gasteiger partial charge in [0.15, 0.2) is 5.75 Å². The van der Waals surface area contributed by atoms with Gasteiger partial charge in [0, 0.05) is 26.2 Å². The van der Waals surface area contributed by atoms with Crippen LogP contribution < -0.4 is 10.5 Å². The van der Waals surface area contributed by atoms with Gasteiger partial charge in [0.05, 0.1) is 30.0 Å². The Morgan fingerprint density at radius 2 is 2.00 bits per heavy atom. The highest BCUT2D eigenvalue weighted by Gasteiger charge is 2.08. The zero-order valence-electron chi connectivity index (χ0n) is 10.2. The highest BCUT2D eigenvalue weighted by atomic mass is 79.9. The number of methoxy groups -OCH3 is 1. The van der Waals surface area contributed by atoms with Gasteiger partial charge in [-0.2, -0.15) is 0 Å². The Hall–Kier alpha value is -0.850. The predicted octanol–water partition coefficient (Wildman–Crippen LogP) is 2.60. The van der Waals surface area contributed by atoms with Crippen molar-refractivity contribution in [3.63, 3.8) is 0 Å². The molecule has 6 heteroatoms. The van der Waals surface area contributed by atoms with Gasteiger partial charge in [0.25, 0.3) is 0 Å². The van der Waals surface area contributed by atoms with Gasteiger partial charge >= 0.3 is 0 Å². The molecule has 1 rings (SSSR count). The van der Waals surface area contributed by atoms with Crippen LogP contribution in [0.15, 0.2) is 16.6 Å². The van der Waals surface area contributed by atoms with E-state index in [1.54, 1.807) is 7.11 Å². The lowest BCUT2D eigenvalue weighted by Gasteiger charge is -2.11. The summed E-state index contributed by atoms with van der Waals surface area (Å²) >= 11 is 3.21. The van der Waals surface area contributed by atoms with Crippen LogP contribution in [-0.2, 0) is 9.47 Å². The molecule has 0 aliphatic carbocycles. The molecule has 2 N–H and O–H groups in total. The largest absolute Gasteiger partial charge is 0.490 e. The molecule has 0 aliphatic rings. The number of halogens is 2. The second-order valence-corrected chi connectivity index (χ2v) is 4.47. The number of anilines is 1.